The molecule has 104 valence electrons. The highest BCUT2D eigenvalue weighted by Crippen LogP contribution is 2.27. The van der Waals surface area contributed by atoms with Crippen molar-refractivity contribution >= 4 is 11.6 Å². The Morgan fingerprint density at radius 1 is 1.37 bits per heavy atom. The molecule has 19 heavy (non-hydrogen) atoms. The van der Waals surface area contributed by atoms with E-state index in [1.807, 2.05) is 19.1 Å². The van der Waals surface area contributed by atoms with E-state index < -0.39 is 5.60 Å². The van der Waals surface area contributed by atoms with Gasteiger partial charge >= 0.3 is 0 Å². The molecule has 1 aromatic rings. The van der Waals surface area contributed by atoms with Crippen molar-refractivity contribution in [3.63, 3.8) is 0 Å². The Hall–Kier alpha value is -1.55. The van der Waals surface area contributed by atoms with Crippen molar-refractivity contribution in [2.75, 3.05) is 12.3 Å². The third kappa shape index (κ3) is 3.26. The number of nitrogens with one attached hydrogen (secondary N) is 1. The molecule has 0 saturated heterocycles. The number of nitrogen functional groups attached to an aromatic ring is 1. The Bertz CT molecular complexity index is 465. The van der Waals surface area contributed by atoms with Crippen LogP contribution in [0.25, 0.3) is 0 Å². The molecule has 4 nitrogen and oxygen atoms in total. The standard InChI is InChI=1S/C15H22N2O2/c1-11-6-5-7-12(13(11)16)14(18)17-10-15(19)8-3-2-4-9-15/h5-7,19H,2-4,8-10,16H2,1H3,(H,17,18). The summed E-state index contributed by atoms with van der Waals surface area (Å²) in [5, 5.41) is 13.2. The van der Waals surface area contributed by atoms with Crippen LogP contribution in [0.5, 0.6) is 0 Å². The van der Waals surface area contributed by atoms with Gasteiger partial charge in [-0.1, -0.05) is 31.4 Å². The molecule has 0 unspecified atom stereocenters. The van der Waals surface area contributed by atoms with Crippen LogP contribution >= 0.6 is 0 Å². The fourth-order valence-corrected chi connectivity index (χ4v) is 2.61. The summed E-state index contributed by atoms with van der Waals surface area (Å²) in [6, 6.07) is 5.40. The molecule has 1 fully saturated rings. The van der Waals surface area contributed by atoms with Crippen LogP contribution in [-0.4, -0.2) is 23.2 Å². The van der Waals surface area contributed by atoms with Gasteiger partial charge in [0.05, 0.1) is 11.2 Å². The van der Waals surface area contributed by atoms with Crippen molar-refractivity contribution in [1.29, 1.82) is 0 Å². The molecular formula is C15H22N2O2. The first-order valence-corrected chi connectivity index (χ1v) is 6.87. The van der Waals surface area contributed by atoms with Crippen molar-refractivity contribution in [1.82, 2.24) is 5.32 Å². The maximum absolute atomic E-state index is 12.1. The number of carbonyl (C=O) groups is 1. The third-order valence-electron chi connectivity index (χ3n) is 3.93. The number of hydrogen-bond donors (Lipinski definition) is 3. The monoisotopic (exact) mass is 262 g/mol. The molecule has 0 bridgehead atoms. The van der Waals surface area contributed by atoms with Gasteiger partial charge in [0.2, 0.25) is 0 Å². The summed E-state index contributed by atoms with van der Waals surface area (Å²) in [4.78, 5) is 12.1. The SMILES string of the molecule is Cc1cccc(C(=O)NCC2(O)CCCCC2)c1N. The molecule has 1 aliphatic rings. The van der Waals surface area contributed by atoms with Gasteiger partial charge < -0.3 is 16.2 Å². The second-order valence-electron chi connectivity index (χ2n) is 5.50. The maximum atomic E-state index is 12.1. The molecule has 0 heterocycles. The number of aliphatic hydroxyl groups is 1. The summed E-state index contributed by atoms with van der Waals surface area (Å²) in [5.74, 6) is -0.208. The summed E-state index contributed by atoms with van der Waals surface area (Å²) < 4.78 is 0. The van der Waals surface area contributed by atoms with E-state index in [0.717, 1.165) is 31.2 Å². The summed E-state index contributed by atoms with van der Waals surface area (Å²) in [5.41, 5.74) is 7.05. The van der Waals surface area contributed by atoms with Gasteiger partial charge in [-0.25, -0.2) is 0 Å². The lowest BCUT2D eigenvalue weighted by atomic mass is 9.85. The molecule has 1 amide bonds. The van der Waals surface area contributed by atoms with Gasteiger partial charge in [0.15, 0.2) is 0 Å². The van der Waals surface area contributed by atoms with Gasteiger partial charge in [0.1, 0.15) is 0 Å². The van der Waals surface area contributed by atoms with E-state index in [9.17, 15) is 9.90 Å². The van der Waals surface area contributed by atoms with Crippen LogP contribution in [0, 0.1) is 6.92 Å². The molecular weight excluding hydrogens is 240 g/mol. The van der Waals surface area contributed by atoms with E-state index >= 15 is 0 Å². The molecule has 1 aliphatic carbocycles. The predicted molar refractivity (Wildman–Crippen MR) is 76.0 cm³/mol. The minimum Gasteiger partial charge on any atom is -0.398 e. The highest BCUT2D eigenvalue weighted by atomic mass is 16.3. The van der Waals surface area contributed by atoms with Crippen molar-refractivity contribution in [3.8, 4) is 0 Å². The number of amides is 1. The first-order chi connectivity index (χ1) is 9.02. The highest BCUT2D eigenvalue weighted by molar-refractivity contribution is 5.99. The Kier molecular flexibility index (Phi) is 4.10. The van der Waals surface area contributed by atoms with E-state index in [1.165, 1.54) is 6.42 Å². The third-order valence-corrected chi connectivity index (χ3v) is 3.93. The smallest absolute Gasteiger partial charge is 0.253 e. The molecule has 4 heteroatoms. The molecule has 2 rings (SSSR count). The molecule has 0 aliphatic heterocycles. The van der Waals surface area contributed by atoms with Crippen molar-refractivity contribution in [2.45, 2.75) is 44.6 Å². The lowest BCUT2D eigenvalue weighted by Crippen LogP contribution is -2.44. The van der Waals surface area contributed by atoms with Crippen LogP contribution in [0.15, 0.2) is 18.2 Å². The summed E-state index contributed by atoms with van der Waals surface area (Å²) >= 11 is 0. The predicted octanol–water partition coefficient (Wildman–Crippen LogP) is 2.00. The minimum absolute atomic E-state index is 0.208. The summed E-state index contributed by atoms with van der Waals surface area (Å²) in [6.07, 6.45) is 4.74. The number of aryl methyl sites for hydroxylation is 1. The second kappa shape index (κ2) is 5.61. The molecule has 0 atom stereocenters. The Morgan fingerprint density at radius 2 is 2.05 bits per heavy atom. The highest BCUT2D eigenvalue weighted by Gasteiger charge is 2.29. The first-order valence-electron chi connectivity index (χ1n) is 6.87. The molecule has 1 saturated carbocycles. The van der Waals surface area contributed by atoms with E-state index in [0.29, 0.717) is 17.8 Å². The van der Waals surface area contributed by atoms with Gasteiger partial charge in [0, 0.05) is 12.2 Å². The first kappa shape index (κ1) is 13.9. The van der Waals surface area contributed by atoms with Crippen LogP contribution in [0.2, 0.25) is 0 Å². The summed E-state index contributed by atoms with van der Waals surface area (Å²) in [6.45, 7) is 2.18. The van der Waals surface area contributed by atoms with Crippen LogP contribution in [0.1, 0.15) is 48.0 Å². The number of nitrogens with two attached hydrogens (primary N) is 1. The zero-order valence-corrected chi connectivity index (χ0v) is 11.4. The number of carbonyl (C=O) groups excluding carboxylic acids is 1. The number of benzene rings is 1. The Labute approximate surface area is 114 Å². The summed E-state index contributed by atoms with van der Waals surface area (Å²) in [7, 11) is 0. The average Bonchev–Trinajstić information content (AvgIpc) is 2.40. The van der Waals surface area contributed by atoms with Crippen LogP contribution in [-0.2, 0) is 0 Å². The fourth-order valence-electron chi connectivity index (χ4n) is 2.61. The van der Waals surface area contributed by atoms with E-state index in [2.05, 4.69) is 5.32 Å². The lowest BCUT2D eigenvalue weighted by Gasteiger charge is -2.32. The number of hydrogen-bond acceptors (Lipinski definition) is 3. The van der Waals surface area contributed by atoms with E-state index in [1.54, 1.807) is 6.07 Å². The van der Waals surface area contributed by atoms with E-state index in [4.69, 9.17) is 5.73 Å². The zero-order valence-electron chi connectivity index (χ0n) is 11.4. The zero-order chi connectivity index (χ0) is 13.9. The number of rotatable bonds is 3. The lowest BCUT2D eigenvalue weighted by molar-refractivity contribution is 0.00526. The second-order valence-corrected chi connectivity index (χ2v) is 5.50. The molecule has 1 aromatic carbocycles. The fraction of sp³-hybridized carbons (Fsp3) is 0.533. The quantitative estimate of drug-likeness (QED) is 0.729. The molecule has 0 aromatic heterocycles. The Balaban J connectivity index is 1.99. The average molecular weight is 262 g/mol. The minimum atomic E-state index is -0.744. The van der Waals surface area contributed by atoms with Crippen molar-refractivity contribution < 1.29 is 9.90 Å². The van der Waals surface area contributed by atoms with Gasteiger partial charge in [-0.15, -0.1) is 0 Å². The maximum Gasteiger partial charge on any atom is 0.253 e. The van der Waals surface area contributed by atoms with Crippen LogP contribution in [0.4, 0.5) is 5.69 Å². The topological polar surface area (TPSA) is 75.3 Å². The van der Waals surface area contributed by atoms with Crippen molar-refractivity contribution in [3.05, 3.63) is 29.3 Å². The van der Waals surface area contributed by atoms with Gasteiger partial charge in [-0.2, -0.15) is 0 Å². The molecule has 4 N–H and O–H groups in total. The van der Waals surface area contributed by atoms with Gasteiger partial charge in [-0.05, 0) is 31.4 Å². The number of para-hydroxylation sites is 1. The van der Waals surface area contributed by atoms with Crippen molar-refractivity contribution in [2.24, 2.45) is 0 Å². The van der Waals surface area contributed by atoms with E-state index in [-0.39, 0.29) is 5.91 Å². The molecule has 0 radical (unpaired) electrons. The van der Waals surface area contributed by atoms with Crippen LogP contribution < -0.4 is 11.1 Å². The normalized spacial score (nSPS) is 18.0. The van der Waals surface area contributed by atoms with Gasteiger partial charge in [-0.3, -0.25) is 4.79 Å². The molecule has 0 spiro atoms. The Morgan fingerprint density at radius 3 is 2.74 bits per heavy atom. The van der Waals surface area contributed by atoms with Gasteiger partial charge in [0.25, 0.3) is 5.91 Å². The van der Waals surface area contributed by atoms with Crippen LogP contribution in [0.3, 0.4) is 0 Å². The largest absolute Gasteiger partial charge is 0.398 e. The number of anilines is 1.